The van der Waals surface area contributed by atoms with E-state index in [2.05, 4.69) is 0 Å². The predicted octanol–water partition coefficient (Wildman–Crippen LogP) is 5.15. The van der Waals surface area contributed by atoms with Crippen molar-refractivity contribution in [2.24, 2.45) is 0 Å². The standard InChI is InChI=1S/C25H20O3/c26-22-11-9-20(10-12-22)25(21-7-4-8-23(27)17-21)15-13-19(14-16-25)24(28)18-5-2-1-3-6-18/h1-15,17,26-27H,16H2. The zero-order chi connectivity index (χ0) is 19.6. The molecule has 0 aliphatic heterocycles. The van der Waals surface area contributed by atoms with Crippen LogP contribution in [0, 0.1) is 0 Å². The molecule has 0 saturated heterocycles. The zero-order valence-corrected chi connectivity index (χ0v) is 15.2. The number of phenols is 2. The van der Waals surface area contributed by atoms with Gasteiger partial charge in [0.15, 0.2) is 5.78 Å². The molecule has 1 atom stereocenters. The van der Waals surface area contributed by atoms with E-state index in [9.17, 15) is 15.0 Å². The van der Waals surface area contributed by atoms with Crippen molar-refractivity contribution in [1.82, 2.24) is 0 Å². The van der Waals surface area contributed by atoms with Crippen LogP contribution < -0.4 is 0 Å². The highest BCUT2D eigenvalue weighted by atomic mass is 16.3. The van der Waals surface area contributed by atoms with Crippen LogP contribution in [0.1, 0.15) is 27.9 Å². The summed E-state index contributed by atoms with van der Waals surface area (Å²) in [5.41, 5.74) is 2.70. The van der Waals surface area contributed by atoms with Gasteiger partial charge in [-0.15, -0.1) is 0 Å². The van der Waals surface area contributed by atoms with Crippen molar-refractivity contribution >= 4 is 5.78 Å². The van der Waals surface area contributed by atoms with Crippen LogP contribution in [0.4, 0.5) is 0 Å². The number of allylic oxidation sites excluding steroid dienone is 4. The molecule has 0 aromatic heterocycles. The third-order valence-electron chi connectivity index (χ3n) is 5.23. The third-order valence-corrected chi connectivity index (χ3v) is 5.23. The van der Waals surface area contributed by atoms with Gasteiger partial charge < -0.3 is 10.2 Å². The summed E-state index contributed by atoms with van der Waals surface area (Å²) in [6, 6.07) is 23.5. The normalized spacial score (nSPS) is 18.5. The van der Waals surface area contributed by atoms with E-state index in [0.29, 0.717) is 17.6 Å². The molecule has 28 heavy (non-hydrogen) atoms. The summed E-state index contributed by atoms with van der Waals surface area (Å²) in [6.45, 7) is 0. The molecule has 3 aromatic rings. The summed E-state index contributed by atoms with van der Waals surface area (Å²) in [6.07, 6.45) is 6.40. The number of benzene rings is 3. The van der Waals surface area contributed by atoms with Crippen molar-refractivity contribution in [1.29, 1.82) is 0 Å². The van der Waals surface area contributed by atoms with Gasteiger partial charge >= 0.3 is 0 Å². The lowest BCUT2D eigenvalue weighted by Gasteiger charge is -2.34. The second-order valence-corrected chi connectivity index (χ2v) is 6.96. The molecule has 3 nitrogen and oxygen atoms in total. The minimum Gasteiger partial charge on any atom is -0.508 e. The Morgan fingerprint density at radius 2 is 1.54 bits per heavy atom. The molecule has 0 amide bonds. The maximum absolute atomic E-state index is 12.8. The minimum absolute atomic E-state index is 0.00735. The Hall–Kier alpha value is -3.59. The van der Waals surface area contributed by atoms with Crippen molar-refractivity contribution < 1.29 is 15.0 Å². The maximum Gasteiger partial charge on any atom is 0.192 e. The van der Waals surface area contributed by atoms with E-state index in [1.807, 2.05) is 72.8 Å². The second kappa shape index (κ2) is 7.20. The SMILES string of the molecule is O=C(C1=CCC(c2ccc(O)cc2)(c2cccc(O)c2)C=C1)c1ccccc1. The molecular formula is C25H20O3. The molecule has 138 valence electrons. The van der Waals surface area contributed by atoms with E-state index in [1.54, 1.807) is 24.3 Å². The monoisotopic (exact) mass is 368 g/mol. The lowest BCUT2D eigenvalue weighted by Crippen LogP contribution is -2.27. The number of carbonyl (C=O) groups excluding carboxylic acids is 1. The highest BCUT2D eigenvalue weighted by Crippen LogP contribution is 2.42. The fourth-order valence-electron chi connectivity index (χ4n) is 3.70. The molecular weight excluding hydrogens is 348 g/mol. The van der Waals surface area contributed by atoms with Crippen LogP contribution in [-0.2, 0) is 5.41 Å². The Balaban J connectivity index is 1.75. The summed E-state index contributed by atoms with van der Waals surface area (Å²) in [7, 11) is 0. The predicted molar refractivity (Wildman–Crippen MR) is 110 cm³/mol. The summed E-state index contributed by atoms with van der Waals surface area (Å²) in [4.78, 5) is 12.8. The van der Waals surface area contributed by atoms with Crippen molar-refractivity contribution in [3.63, 3.8) is 0 Å². The van der Waals surface area contributed by atoms with Crippen molar-refractivity contribution in [3.8, 4) is 11.5 Å². The molecule has 1 aliphatic rings. The first-order valence-electron chi connectivity index (χ1n) is 9.17. The molecule has 0 bridgehead atoms. The van der Waals surface area contributed by atoms with Crippen LogP contribution in [0.5, 0.6) is 11.5 Å². The molecule has 0 spiro atoms. The Morgan fingerprint density at radius 3 is 2.18 bits per heavy atom. The first-order valence-corrected chi connectivity index (χ1v) is 9.17. The van der Waals surface area contributed by atoms with Crippen LogP contribution in [0.15, 0.2) is 103 Å². The molecule has 0 heterocycles. The fourth-order valence-corrected chi connectivity index (χ4v) is 3.70. The largest absolute Gasteiger partial charge is 0.508 e. The first-order chi connectivity index (χ1) is 13.6. The molecule has 0 radical (unpaired) electrons. The van der Waals surface area contributed by atoms with Crippen molar-refractivity contribution in [2.45, 2.75) is 11.8 Å². The van der Waals surface area contributed by atoms with Crippen LogP contribution in [0.25, 0.3) is 0 Å². The highest BCUT2D eigenvalue weighted by Gasteiger charge is 2.33. The Labute approximate surface area is 163 Å². The number of carbonyl (C=O) groups is 1. The van der Waals surface area contributed by atoms with Gasteiger partial charge in [0.25, 0.3) is 0 Å². The maximum atomic E-state index is 12.8. The molecule has 0 saturated carbocycles. The number of Topliss-reactive ketones (excluding diaryl/α,β-unsaturated/α-hetero) is 1. The first kappa shape index (κ1) is 17.8. The molecule has 3 heteroatoms. The van der Waals surface area contributed by atoms with E-state index in [-0.39, 0.29) is 17.3 Å². The van der Waals surface area contributed by atoms with E-state index in [0.717, 1.165) is 11.1 Å². The van der Waals surface area contributed by atoms with Gasteiger partial charge in [0.1, 0.15) is 11.5 Å². The summed E-state index contributed by atoms with van der Waals surface area (Å²) >= 11 is 0. The van der Waals surface area contributed by atoms with Crippen LogP contribution in [0.2, 0.25) is 0 Å². The summed E-state index contributed by atoms with van der Waals surface area (Å²) in [5.74, 6) is 0.386. The number of ketones is 1. The average Bonchev–Trinajstić information content (AvgIpc) is 2.74. The Morgan fingerprint density at radius 1 is 0.786 bits per heavy atom. The van der Waals surface area contributed by atoms with Crippen molar-refractivity contribution in [3.05, 3.63) is 119 Å². The fraction of sp³-hybridized carbons (Fsp3) is 0.0800. The van der Waals surface area contributed by atoms with E-state index in [4.69, 9.17) is 0 Å². The lowest BCUT2D eigenvalue weighted by molar-refractivity contribution is 0.103. The third kappa shape index (κ3) is 3.23. The molecule has 0 fully saturated rings. The number of phenolic OH excluding ortho intramolecular Hbond substituents is 2. The number of hydrogen-bond donors (Lipinski definition) is 2. The highest BCUT2D eigenvalue weighted by molar-refractivity contribution is 6.10. The van der Waals surface area contributed by atoms with Gasteiger partial charge in [-0.2, -0.15) is 0 Å². The Kier molecular flexibility index (Phi) is 4.58. The molecule has 1 aliphatic carbocycles. The summed E-state index contributed by atoms with van der Waals surface area (Å²) in [5, 5.41) is 19.7. The van der Waals surface area contributed by atoms with Crippen LogP contribution in [-0.4, -0.2) is 16.0 Å². The topological polar surface area (TPSA) is 57.5 Å². The minimum atomic E-state index is -0.521. The van der Waals surface area contributed by atoms with E-state index < -0.39 is 5.41 Å². The molecule has 3 aromatic carbocycles. The zero-order valence-electron chi connectivity index (χ0n) is 15.2. The van der Waals surface area contributed by atoms with Gasteiger partial charge in [-0.05, 0) is 41.8 Å². The number of rotatable bonds is 4. The molecule has 1 unspecified atom stereocenters. The molecule has 2 N–H and O–H groups in total. The van der Waals surface area contributed by atoms with Gasteiger partial charge in [0.2, 0.25) is 0 Å². The van der Waals surface area contributed by atoms with Gasteiger partial charge in [-0.3, -0.25) is 4.79 Å². The molecule has 4 rings (SSSR count). The van der Waals surface area contributed by atoms with Gasteiger partial charge in [-0.25, -0.2) is 0 Å². The van der Waals surface area contributed by atoms with Gasteiger partial charge in [0, 0.05) is 16.6 Å². The average molecular weight is 368 g/mol. The van der Waals surface area contributed by atoms with Gasteiger partial charge in [0.05, 0.1) is 0 Å². The van der Waals surface area contributed by atoms with E-state index >= 15 is 0 Å². The van der Waals surface area contributed by atoms with Crippen molar-refractivity contribution in [2.75, 3.05) is 0 Å². The van der Waals surface area contributed by atoms with Crippen LogP contribution in [0.3, 0.4) is 0 Å². The van der Waals surface area contributed by atoms with Crippen LogP contribution >= 0.6 is 0 Å². The number of hydrogen-bond acceptors (Lipinski definition) is 3. The Bertz CT molecular complexity index is 1060. The summed E-state index contributed by atoms with van der Waals surface area (Å²) < 4.78 is 0. The number of aromatic hydroxyl groups is 2. The smallest absolute Gasteiger partial charge is 0.192 e. The quantitative estimate of drug-likeness (QED) is 0.626. The van der Waals surface area contributed by atoms with E-state index in [1.165, 1.54) is 0 Å². The second-order valence-electron chi connectivity index (χ2n) is 6.96. The van der Waals surface area contributed by atoms with Gasteiger partial charge in [-0.1, -0.05) is 72.8 Å². The lowest BCUT2D eigenvalue weighted by atomic mass is 9.69.